The molecule has 7 heteroatoms. The average molecular weight is 275 g/mol. The molecule has 2 rings (SSSR count). The molecule has 2 N–H and O–H groups in total. The zero-order chi connectivity index (χ0) is 14.5. The van der Waals surface area contributed by atoms with Crippen LogP contribution in [-0.4, -0.2) is 43.9 Å². The summed E-state index contributed by atoms with van der Waals surface area (Å²) in [5, 5.41) is 22.9. The minimum atomic E-state index is -0.248. The zero-order valence-corrected chi connectivity index (χ0v) is 11.4. The molecular formula is C13H17N5O2. The highest BCUT2D eigenvalue weighted by Crippen LogP contribution is 2.09. The lowest BCUT2D eigenvalue weighted by molar-refractivity contribution is 0.0897. The van der Waals surface area contributed by atoms with Gasteiger partial charge in [-0.05, 0) is 40.6 Å². The first-order valence-corrected chi connectivity index (χ1v) is 6.37. The van der Waals surface area contributed by atoms with E-state index >= 15 is 0 Å². The van der Waals surface area contributed by atoms with Crippen LogP contribution in [0, 0.1) is 5.92 Å². The molecule has 106 valence electrons. The second-order valence-corrected chi connectivity index (χ2v) is 4.81. The molecule has 0 radical (unpaired) electrons. The predicted octanol–water partition coefficient (Wildman–Crippen LogP) is 0.409. The van der Waals surface area contributed by atoms with Gasteiger partial charge in [0.2, 0.25) is 0 Å². The number of benzene rings is 1. The number of nitrogens with one attached hydrogen (secondary N) is 1. The van der Waals surface area contributed by atoms with E-state index in [4.69, 9.17) is 0 Å². The van der Waals surface area contributed by atoms with Crippen LogP contribution in [0.3, 0.4) is 0 Å². The van der Waals surface area contributed by atoms with Crippen LogP contribution in [0.1, 0.15) is 24.2 Å². The van der Waals surface area contributed by atoms with E-state index in [2.05, 4.69) is 20.8 Å². The summed E-state index contributed by atoms with van der Waals surface area (Å²) in [5.74, 6) is -0.0366. The number of rotatable bonds is 5. The molecule has 7 nitrogen and oxygen atoms in total. The van der Waals surface area contributed by atoms with Gasteiger partial charge in [-0.3, -0.25) is 4.79 Å². The van der Waals surface area contributed by atoms with Crippen molar-refractivity contribution in [2.24, 2.45) is 5.92 Å². The van der Waals surface area contributed by atoms with E-state index < -0.39 is 0 Å². The molecule has 0 aliphatic heterocycles. The molecule has 1 aromatic carbocycles. The third kappa shape index (κ3) is 3.18. The first-order valence-electron chi connectivity index (χ1n) is 6.37. The van der Waals surface area contributed by atoms with Crippen molar-refractivity contribution in [2.75, 3.05) is 6.61 Å². The van der Waals surface area contributed by atoms with E-state index in [1.165, 1.54) is 11.0 Å². The Kier molecular flexibility index (Phi) is 4.41. The third-order valence-corrected chi connectivity index (χ3v) is 3.06. The van der Waals surface area contributed by atoms with E-state index in [1.54, 1.807) is 24.3 Å². The van der Waals surface area contributed by atoms with Crippen molar-refractivity contribution in [3.05, 3.63) is 36.2 Å². The molecule has 0 fully saturated rings. The maximum Gasteiger partial charge on any atom is 0.251 e. The number of aliphatic hydroxyl groups excluding tert-OH is 1. The van der Waals surface area contributed by atoms with E-state index in [-0.39, 0.29) is 24.5 Å². The van der Waals surface area contributed by atoms with Gasteiger partial charge < -0.3 is 10.4 Å². The van der Waals surface area contributed by atoms with Crippen LogP contribution in [0.2, 0.25) is 0 Å². The number of nitrogens with zero attached hydrogens (tertiary/aromatic N) is 4. The van der Waals surface area contributed by atoms with Gasteiger partial charge in [-0.2, -0.15) is 0 Å². The molecule has 2 aromatic rings. The number of hydrogen-bond donors (Lipinski definition) is 2. The number of tetrazole rings is 1. The van der Waals surface area contributed by atoms with Crippen LogP contribution in [0.4, 0.5) is 0 Å². The second-order valence-electron chi connectivity index (χ2n) is 4.81. The molecule has 0 aliphatic carbocycles. The van der Waals surface area contributed by atoms with Gasteiger partial charge in [-0.15, -0.1) is 5.10 Å². The quantitative estimate of drug-likeness (QED) is 0.824. The molecule has 1 heterocycles. The lowest BCUT2D eigenvalue weighted by Crippen LogP contribution is -2.41. The van der Waals surface area contributed by atoms with Crippen molar-refractivity contribution in [2.45, 2.75) is 19.9 Å². The minimum absolute atomic E-state index is 0.0773. The van der Waals surface area contributed by atoms with Crippen molar-refractivity contribution in [3.8, 4) is 5.69 Å². The largest absolute Gasteiger partial charge is 0.394 e. The summed E-state index contributed by atoms with van der Waals surface area (Å²) in [5.41, 5.74) is 1.30. The molecule has 1 aromatic heterocycles. The van der Waals surface area contributed by atoms with Crippen molar-refractivity contribution >= 4 is 5.91 Å². The fraction of sp³-hybridized carbons (Fsp3) is 0.385. The Bertz CT molecular complexity index is 551. The molecule has 20 heavy (non-hydrogen) atoms. The number of amides is 1. The highest BCUT2D eigenvalue weighted by atomic mass is 16.3. The van der Waals surface area contributed by atoms with Crippen LogP contribution in [-0.2, 0) is 0 Å². The average Bonchev–Trinajstić information content (AvgIpc) is 2.98. The number of aliphatic hydroxyl groups is 1. The van der Waals surface area contributed by atoms with Gasteiger partial charge in [0, 0.05) is 5.56 Å². The number of carbonyl (C=O) groups is 1. The van der Waals surface area contributed by atoms with Gasteiger partial charge in [0.1, 0.15) is 6.33 Å². The Hall–Kier alpha value is -2.28. The van der Waals surface area contributed by atoms with E-state index in [0.717, 1.165) is 5.69 Å². The molecule has 0 unspecified atom stereocenters. The van der Waals surface area contributed by atoms with Gasteiger partial charge >= 0.3 is 0 Å². The maximum absolute atomic E-state index is 12.0. The molecular weight excluding hydrogens is 258 g/mol. The first kappa shape index (κ1) is 14.1. The van der Waals surface area contributed by atoms with Gasteiger partial charge in [-0.1, -0.05) is 13.8 Å². The Morgan fingerprint density at radius 1 is 1.35 bits per heavy atom. The Labute approximate surface area is 116 Å². The van der Waals surface area contributed by atoms with Crippen molar-refractivity contribution in [1.82, 2.24) is 25.5 Å². The molecule has 0 aliphatic rings. The smallest absolute Gasteiger partial charge is 0.251 e. The van der Waals surface area contributed by atoms with Gasteiger partial charge in [-0.25, -0.2) is 4.68 Å². The molecule has 0 saturated carbocycles. The summed E-state index contributed by atoms with van der Waals surface area (Å²) in [6.07, 6.45) is 1.48. The Morgan fingerprint density at radius 3 is 2.55 bits per heavy atom. The van der Waals surface area contributed by atoms with Crippen LogP contribution >= 0.6 is 0 Å². The van der Waals surface area contributed by atoms with Gasteiger partial charge in [0.15, 0.2) is 0 Å². The second kappa shape index (κ2) is 6.25. The molecule has 1 amide bonds. The standard InChI is InChI=1S/C13H17N5O2/c1-9(2)12(7-19)15-13(20)10-3-5-11(6-4-10)18-8-14-16-17-18/h3-6,8-9,12,19H,7H2,1-2H3,(H,15,20)/t12-/m1/s1. The molecule has 0 saturated heterocycles. The highest BCUT2D eigenvalue weighted by molar-refractivity contribution is 5.94. The van der Waals surface area contributed by atoms with Crippen LogP contribution in [0.5, 0.6) is 0 Å². The van der Waals surface area contributed by atoms with E-state index in [9.17, 15) is 9.90 Å². The number of hydrogen-bond acceptors (Lipinski definition) is 5. The van der Waals surface area contributed by atoms with Gasteiger partial charge in [0.25, 0.3) is 5.91 Å². The first-order chi connectivity index (χ1) is 9.61. The van der Waals surface area contributed by atoms with Crippen LogP contribution < -0.4 is 5.32 Å². The van der Waals surface area contributed by atoms with Crippen molar-refractivity contribution in [1.29, 1.82) is 0 Å². The van der Waals surface area contributed by atoms with E-state index in [1.807, 2.05) is 13.8 Å². The lowest BCUT2D eigenvalue weighted by atomic mass is 10.0. The topological polar surface area (TPSA) is 92.9 Å². The number of carbonyl (C=O) groups excluding carboxylic acids is 1. The maximum atomic E-state index is 12.0. The summed E-state index contributed by atoms with van der Waals surface area (Å²) in [7, 11) is 0. The molecule has 0 spiro atoms. The molecule has 0 bridgehead atoms. The van der Waals surface area contributed by atoms with Crippen LogP contribution in [0.25, 0.3) is 5.69 Å². The number of aromatic nitrogens is 4. The third-order valence-electron chi connectivity index (χ3n) is 3.06. The zero-order valence-electron chi connectivity index (χ0n) is 11.4. The Morgan fingerprint density at radius 2 is 2.05 bits per heavy atom. The molecule has 1 atom stereocenters. The summed E-state index contributed by atoms with van der Waals surface area (Å²) in [4.78, 5) is 12.0. The fourth-order valence-electron chi connectivity index (χ4n) is 1.72. The van der Waals surface area contributed by atoms with E-state index in [0.29, 0.717) is 5.56 Å². The van der Waals surface area contributed by atoms with Crippen molar-refractivity contribution in [3.63, 3.8) is 0 Å². The van der Waals surface area contributed by atoms with Crippen molar-refractivity contribution < 1.29 is 9.90 Å². The SMILES string of the molecule is CC(C)[C@@H](CO)NC(=O)c1ccc(-n2cnnn2)cc1. The lowest BCUT2D eigenvalue weighted by Gasteiger charge is -2.19. The van der Waals surface area contributed by atoms with Gasteiger partial charge in [0.05, 0.1) is 18.3 Å². The monoisotopic (exact) mass is 275 g/mol. The predicted molar refractivity (Wildman–Crippen MR) is 72.3 cm³/mol. The minimum Gasteiger partial charge on any atom is -0.394 e. The fourth-order valence-corrected chi connectivity index (χ4v) is 1.72. The normalized spacial score (nSPS) is 12.4. The Balaban J connectivity index is 2.08. The summed E-state index contributed by atoms with van der Waals surface area (Å²) >= 11 is 0. The highest BCUT2D eigenvalue weighted by Gasteiger charge is 2.16. The van der Waals surface area contributed by atoms with Crippen LogP contribution in [0.15, 0.2) is 30.6 Å². The summed E-state index contributed by atoms with van der Waals surface area (Å²) < 4.78 is 1.51. The summed E-state index contributed by atoms with van der Waals surface area (Å²) in [6.45, 7) is 3.82. The summed E-state index contributed by atoms with van der Waals surface area (Å²) in [6, 6.07) is 6.66.